The Kier molecular flexibility index (Phi) is 6.46. The van der Waals surface area contributed by atoms with Crippen molar-refractivity contribution in [2.45, 2.75) is 32.8 Å². The number of hydrogen-bond acceptors (Lipinski definition) is 5. The van der Waals surface area contributed by atoms with Crippen LogP contribution in [0.4, 0.5) is 4.79 Å². The lowest BCUT2D eigenvalue weighted by atomic mass is 10.1. The molecular formula is C17H21NO5. The van der Waals surface area contributed by atoms with Crippen LogP contribution >= 0.6 is 0 Å². The predicted molar refractivity (Wildman–Crippen MR) is 85.8 cm³/mol. The zero-order chi connectivity index (χ0) is 17.5. The van der Waals surface area contributed by atoms with Crippen molar-refractivity contribution in [2.24, 2.45) is 0 Å². The van der Waals surface area contributed by atoms with Gasteiger partial charge in [-0.15, -0.1) is 0 Å². The number of aromatic hydroxyl groups is 1. The third-order valence-electron chi connectivity index (χ3n) is 2.59. The van der Waals surface area contributed by atoms with E-state index in [4.69, 9.17) is 9.47 Å². The molecule has 0 heterocycles. The number of carbonyl (C=O) groups is 2. The van der Waals surface area contributed by atoms with E-state index in [-0.39, 0.29) is 11.5 Å². The summed E-state index contributed by atoms with van der Waals surface area (Å²) >= 11 is 0. The Bertz CT molecular complexity index is 635. The Morgan fingerprint density at radius 1 is 1.39 bits per heavy atom. The molecule has 0 bridgehead atoms. The lowest BCUT2D eigenvalue weighted by Crippen LogP contribution is -2.32. The minimum atomic E-state index is -0.548. The maximum absolute atomic E-state index is 11.4. The van der Waals surface area contributed by atoms with Crippen LogP contribution in [0, 0.1) is 11.8 Å². The summed E-state index contributed by atoms with van der Waals surface area (Å²) < 4.78 is 10.1. The number of aldehydes is 1. The van der Waals surface area contributed by atoms with Crippen molar-refractivity contribution >= 4 is 12.4 Å². The maximum Gasteiger partial charge on any atom is 0.407 e. The van der Waals surface area contributed by atoms with Crippen LogP contribution in [0.2, 0.25) is 0 Å². The number of methoxy groups -OCH3 is 1. The average molecular weight is 319 g/mol. The van der Waals surface area contributed by atoms with Gasteiger partial charge in [0.1, 0.15) is 11.9 Å². The number of benzene rings is 1. The van der Waals surface area contributed by atoms with Crippen LogP contribution in [-0.4, -0.2) is 36.7 Å². The summed E-state index contributed by atoms with van der Waals surface area (Å²) in [5.74, 6) is 5.63. The summed E-state index contributed by atoms with van der Waals surface area (Å²) in [6.45, 7) is 5.65. The fourth-order valence-corrected chi connectivity index (χ4v) is 1.65. The van der Waals surface area contributed by atoms with Gasteiger partial charge in [-0.25, -0.2) is 4.79 Å². The van der Waals surface area contributed by atoms with E-state index in [1.54, 1.807) is 20.8 Å². The molecule has 0 aliphatic carbocycles. The molecule has 0 fully saturated rings. The molecule has 1 aromatic carbocycles. The Balaban J connectivity index is 2.63. The van der Waals surface area contributed by atoms with Crippen LogP contribution in [0.3, 0.4) is 0 Å². The highest BCUT2D eigenvalue weighted by molar-refractivity contribution is 5.78. The van der Waals surface area contributed by atoms with Gasteiger partial charge < -0.3 is 19.9 Å². The van der Waals surface area contributed by atoms with E-state index >= 15 is 0 Å². The van der Waals surface area contributed by atoms with Gasteiger partial charge in [0.25, 0.3) is 0 Å². The number of amides is 1. The molecule has 0 saturated carbocycles. The van der Waals surface area contributed by atoms with Gasteiger partial charge in [-0.05, 0) is 32.9 Å². The van der Waals surface area contributed by atoms with Gasteiger partial charge in [0.2, 0.25) is 0 Å². The van der Waals surface area contributed by atoms with E-state index < -0.39 is 11.7 Å². The molecule has 6 heteroatoms. The van der Waals surface area contributed by atoms with E-state index in [9.17, 15) is 14.7 Å². The van der Waals surface area contributed by atoms with E-state index in [2.05, 4.69) is 17.2 Å². The molecular weight excluding hydrogens is 298 g/mol. The molecule has 1 rings (SSSR count). The zero-order valence-corrected chi connectivity index (χ0v) is 13.7. The summed E-state index contributed by atoms with van der Waals surface area (Å²) in [5.41, 5.74) is 0.104. The second-order valence-corrected chi connectivity index (χ2v) is 5.72. The Labute approximate surface area is 135 Å². The number of carbonyl (C=O) groups excluding carboxylic acids is 2. The third-order valence-corrected chi connectivity index (χ3v) is 2.59. The summed E-state index contributed by atoms with van der Waals surface area (Å²) in [5, 5.41) is 12.5. The standard InChI is InChI=1S/C17H21NO5/c1-17(2,3)23-16(21)18-8-6-5-7-13-9-12(11-19)10-14(22-4)15(13)20/h9-11,20H,6,8H2,1-4H3,(H,18,21). The molecule has 23 heavy (non-hydrogen) atoms. The van der Waals surface area contributed by atoms with Crippen LogP contribution in [0.25, 0.3) is 0 Å². The first kappa shape index (κ1) is 18.4. The molecule has 0 saturated heterocycles. The molecule has 0 aromatic heterocycles. The average Bonchev–Trinajstić information content (AvgIpc) is 2.46. The van der Waals surface area contributed by atoms with Gasteiger partial charge in [-0.3, -0.25) is 4.79 Å². The second-order valence-electron chi connectivity index (χ2n) is 5.72. The van der Waals surface area contributed by atoms with Crippen molar-refractivity contribution in [3.8, 4) is 23.3 Å². The van der Waals surface area contributed by atoms with E-state index in [1.807, 2.05) is 0 Å². The van der Waals surface area contributed by atoms with Crippen molar-refractivity contribution in [1.29, 1.82) is 0 Å². The normalized spacial score (nSPS) is 10.3. The number of alkyl carbamates (subject to hydrolysis) is 1. The number of nitrogens with one attached hydrogen (secondary N) is 1. The zero-order valence-electron chi connectivity index (χ0n) is 13.7. The van der Waals surface area contributed by atoms with Crippen molar-refractivity contribution in [3.05, 3.63) is 23.3 Å². The number of phenolic OH excluding ortho intramolecular Hbond substituents is 1. The van der Waals surface area contributed by atoms with Crippen LogP contribution in [0.1, 0.15) is 43.1 Å². The van der Waals surface area contributed by atoms with Crippen LogP contribution in [0.5, 0.6) is 11.5 Å². The van der Waals surface area contributed by atoms with Crippen molar-refractivity contribution in [3.63, 3.8) is 0 Å². The highest BCUT2D eigenvalue weighted by Gasteiger charge is 2.15. The molecule has 0 unspecified atom stereocenters. The molecule has 0 radical (unpaired) electrons. The molecule has 1 amide bonds. The van der Waals surface area contributed by atoms with Gasteiger partial charge in [-0.2, -0.15) is 0 Å². The molecule has 0 aliphatic rings. The number of phenols is 1. The molecule has 0 aliphatic heterocycles. The lowest BCUT2D eigenvalue weighted by Gasteiger charge is -2.19. The first-order valence-corrected chi connectivity index (χ1v) is 7.08. The number of hydrogen-bond donors (Lipinski definition) is 2. The van der Waals surface area contributed by atoms with Gasteiger partial charge in [-0.1, -0.05) is 11.8 Å². The van der Waals surface area contributed by atoms with E-state index in [0.717, 1.165) is 0 Å². The van der Waals surface area contributed by atoms with Crippen molar-refractivity contribution in [1.82, 2.24) is 5.32 Å². The van der Waals surface area contributed by atoms with Crippen molar-refractivity contribution < 1.29 is 24.2 Å². The highest BCUT2D eigenvalue weighted by Crippen LogP contribution is 2.30. The summed E-state index contributed by atoms with van der Waals surface area (Å²) in [7, 11) is 1.39. The Morgan fingerprint density at radius 2 is 2.09 bits per heavy atom. The highest BCUT2D eigenvalue weighted by atomic mass is 16.6. The monoisotopic (exact) mass is 319 g/mol. The Hall–Kier alpha value is -2.68. The smallest absolute Gasteiger partial charge is 0.407 e. The van der Waals surface area contributed by atoms with Gasteiger partial charge in [0.15, 0.2) is 11.5 Å². The SMILES string of the molecule is COc1cc(C=O)cc(C#CCCNC(=O)OC(C)(C)C)c1O. The second kappa shape index (κ2) is 8.08. The minimum absolute atomic E-state index is 0.120. The molecule has 0 spiro atoms. The van der Waals surface area contributed by atoms with Crippen LogP contribution in [0.15, 0.2) is 12.1 Å². The van der Waals surface area contributed by atoms with E-state index in [0.29, 0.717) is 30.4 Å². The predicted octanol–water partition coefficient (Wildman–Crippen LogP) is 2.48. The van der Waals surface area contributed by atoms with Crippen LogP contribution < -0.4 is 10.1 Å². The largest absolute Gasteiger partial charge is 0.503 e. The summed E-state index contributed by atoms with van der Waals surface area (Å²) in [6.07, 6.45) is 0.510. The van der Waals surface area contributed by atoms with Gasteiger partial charge >= 0.3 is 6.09 Å². The quantitative estimate of drug-likeness (QED) is 0.506. The topological polar surface area (TPSA) is 84.9 Å². The van der Waals surface area contributed by atoms with Crippen LogP contribution in [-0.2, 0) is 4.74 Å². The lowest BCUT2D eigenvalue weighted by molar-refractivity contribution is 0.0529. The first-order valence-electron chi connectivity index (χ1n) is 7.08. The van der Waals surface area contributed by atoms with Gasteiger partial charge in [0.05, 0.1) is 12.7 Å². The van der Waals surface area contributed by atoms with Gasteiger partial charge in [0, 0.05) is 18.5 Å². The molecule has 2 N–H and O–H groups in total. The first-order chi connectivity index (χ1) is 10.8. The fourth-order valence-electron chi connectivity index (χ4n) is 1.65. The third kappa shape index (κ3) is 6.30. The molecule has 0 atom stereocenters. The maximum atomic E-state index is 11.4. The minimum Gasteiger partial charge on any atom is -0.503 e. The summed E-state index contributed by atoms with van der Waals surface area (Å²) in [6, 6.07) is 2.90. The van der Waals surface area contributed by atoms with Crippen molar-refractivity contribution in [2.75, 3.05) is 13.7 Å². The number of rotatable bonds is 4. The van der Waals surface area contributed by atoms with E-state index in [1.165, 1.54) is 19.2 Å². The molecule has 1 aromatic rings. The Morgan fingerprint density at radius 3 is 2.65 bits per heavy atom. The summed E-state index contributed by atoms with van der Waals surface area (Å²) in [4.78, 5) is 22.3. The fraction of sp³-hybridized carbons (Fsp3) is 0.412. The number of ether oxygens (including phenoxy) is 2. The molecule has 6 nitrogen and oxygen atoms in total. The molecule has 124 valence electrons.